The molecular formula is C15H18N2O4S. The summed E-state index contributed by atoms with van der Waals surface area (Å²) in [5.41, 5.74) is 0.944. The van der Waals surface area contributed by atoms with E-state index in [9.17, 15) is 13.2 Å². The van der Waals surface area contributed by atoms with E-state index in [0.29, 0.717) is 17.9 Å². The summed E-state index contributed by atoms with van der Waals surface area (Å²) in [7, 11) is -3.43. The largest absolute Gasteiger partial charge is 0.351 e. The van der Waals surface area contributed by atoms with Gasteiger partial charge in [-0.05, 0) is 26.0 Å². The molecule has 0 N–H and O–H groups in total. The Morgan fingerprint density at radius 2 is 1.95 bits per heavy atom. The van der Waals surface area contributed by atoms with E-state index in [4.69, 9.17) is 4.52 Å². The Bertz CT molecular complexity index is 780. The van der Waals surface area contributed by atoms with Crippen molar-refractivity contribution >= 4 is 21.4 Å². The predicted octanol–water partition coefficient (Wildman–Crippen LogP) is 2.44. The molecule has 7 heteroatoms. The van der Waals surface area contributed by atoms with Crippen molar-refractivity contribution in [1.29, 1.82) is 0 Å². The molecule has 2 aromatic rings. The van der Waals surface area contributed by atoms with Gasteiger partial charge in [0.15, 0.2) is 9.84 Å². The van der Waals surface area contributed by atoms with E-state index < -0.39 is 15.7 Å². The number of para-hydroxylation sites is 1. The van der Waals surface area contributed by atoms with Crippen molar-refractivity contribution in [2.24, 2.45) is 0 Å². The number of aryl methyl sites for hydroxylation is 1. The smallest absolute Gasteiger partial charge is 0.296 e. The van der Waals surface area contributed by atoms with Crippen LogP contribution >= 0.6 is 0 Å². The number of amides is 1. The van der Waals surface area contributed by atoms with Gasteiger partial charge in [0.2, 0.25) is 5.76 Å². The minimum absolute atomic E-state index is 0.0306. The topological polar surface area (TPSA) is 80.5 Å². The number of carbonyl (C=O) groups excluding carboxylic acids is 1. The first kappa shape index (κ1) is 16.2. The number of hydrogen-bond donors (Lipinski definition) is 0. The van der Waals surface area contributed by atoms with Gasteiger partial charge in [0.25, 0.3) is 5.91 Å². The van der Waals surface area contributed by atoms with Crippen molar-refractivity contribution in [3.8, 4) is 0 Å². The van der Waals surface area contributed by atoms with Crippen LogP contribution in [0, 0.1) is 6.92 Å². The molecule has 0 radical (unpaired) electrons. The highest BCUT2D eigenvalue weighted by molar-refractivity contribution is 7.91. The van der Waals surface area contributed by atoms with Gasteiger partial charge < -0.3 is 9.42 Å². The fourth-order valence-electron chi connectivity index (χ4n) is 2.12. The molecule has 1 amide bonds. The second-order valence-corrected chi connectivity index (χ2v) is 7.00. The zero-order valence-electron chi connectivity index (χ0n) is 12.7. The Labute approximate surface area is 129 Å². The first-order valence-electron chi connectivity index (χ1n) is 6.97. The first-order chi connectivity index (χ1) is 10.4. The normalized spacial score (nSPS) is 11.4. The molecule has 0 spiro atoms. The summed E-state index contributed by atoms with van der Waals surface area (Å²) < 4.78 is 29.5. The third kappa shape index (κ3) is 3.04. The molecule has 0 aliphatic heterocycles. The van der Waals surface area contributed by atoms with Crippen LogP contribution in [0.15, 0.2) is 39.8 Å². The molecular weight excluding hydrogens is 304 g/mol. The fourth-order valence-corrected chi connectivity index (χ4v) is 3.21. The molecule has 0 fully saturated rings. The molecule has 0 saturated carbocycles. The van der Waals surface area contributed by atoms with Crippen molar-refractivity contribution in [1.82, 2.24) is 5.16 Å². The molecule has 2 rings (SSSR count). The average molecular weight is 322 g/mol. The molecule has 0 aliphatic carbocycles. The fraction of sp³-hybridized carbons (Fsp3) is 0.333. The van der Waals surface area contributed by atoms with Crippen molar-refractivity contribution in [3.05, 3.63) is 41.8 Å². The van der Waals surface area contributed by atoms with Crippen LogP contribution in [0.25, 0.3) is 0 Å². The molecule has 0 bridgehead atoms. The second kappa shape index (κ2) is 6.31. The molecule has 6 nitrogen and oxygen atoms in total. The van der Waals surface area contributed by atoms with Gasteiger partial charge in [0, 0.05) is 12.6 Å². The van der Waals surface area contributed by atoms with E-state index in [-0.39, 0.29) is 16.4 Å². The summed E-state index contributed by atoms with van der Waals surface area (Å²) >= 11 is 0. The molecule has 0 atom stereocenters. The highest BCUT2D eigenvalue weighted by Gasteiger charge is 2.26. The Morgan fingerprint density at radius 1 is 1.27 bits per heavy atom. The van der Waals surface area contributed by atoms with Crippen LogP contribution in [0.2, 0.25) is 0 Å². The Balaban J connectivity index is 2.51. The molecule has 0 unspecified atom stereocenters. The first-order valence-corrected chi connectivity index (χ1v) is 8.63. The summed E-state index contributed by atoms with van der Waals surface area (Å²) in [6, 6.07) is 8.00. The maximum Gasteiger partial charge on any atom is 0.296 e. The number of anilines is 1. The minimum Gasteiger partial charge on any atom is -0.351 e. The number of rotatable bonds is 5. The van der Waals surface area contributed by atoms with E-state index in [1.165, 1.54) is 17.0 Å². The summed E-state index contributed by atoms with van der Waals surface area (Å²) in [6.45, 7) is 5.38. The monoisotopic (exact) mass is 322 g/mol. The van der Waals surface area contributed by atoms with Gasteiger partial charge in [-0.15, -0.1) is 0 Å². The number of sulfone groups is 1. The van der Waals surface area contributed by atoms with Gasteiger partial charge in [-0.25, -0.2) is 8.42 Å². The van der Waals surface area contributed by atoms with E-state index >= 15 is 0 Å². The quantitative estimate of drug-likeness (QED) is 0.844. The highest BCUT2D eigenvalue weighted by atomic mass is 32.2. The summed E-state index contributed by atoms with van der Waals surface area (Å²) in [5.74, 6) is -0.359. The Morgan fingerprint density at radius 3 is 2.50 bits per heavy atom. The molecule has 1 heterocycles. The number of nitrogens with zero attached hydrogens (tertiary/aromatic N) is 2. The average Bonchev–Trinajstić information content (AvgIpc) is 2.95. The minimum atomic E-state index is -3.43. The number of carbonyl (C=O) groups is 1. The molecule has 1 aromatic carbocycles. The third-order valence-electron chi connectivity index (χ3n) is 3.27. The lowest BCUT2D eigenvalue weighted by Gasteiger charge is -2.22. The van der Waals surface area contributed by atoms with Crippen LogP contribution < -0.4 is 4.90 Å². The number of hydrogen-bond acceptors (Lipinski definition) is 5. The molecule has 1 aromatic heterocycles. The lowest BCUT2D eigenvalue weighted by Crippen LogP contribution is -2.31. The zero-order valence-corrected chi connectivity index (χ0v) is 13.6. The van der Waals surface area contributed by atoms with Crippen LogP contribution in [0.3, 0.4) is 0 Å². The zero-order chi connectivity index (χ0) is 16.3. The summed E-state index contributed by atoms with van der Waals surface area (Å²) in [4.78, 5) is 14.1. The van der Waals surface area contributed by atoms with Crippen LogP contribution in [0.5, 0.6) is 0 Å². The second-order valence-electron chi connectivity index (χ2n) is 4.75. The van der Waals surface area contributed by atoms with Gasteiger partial charge in [-0.3, -0.25) is 4.79 Å². The van der Waals surface area contributed by atoms with Crippen LogP contribution in [-0.2, 0) is 9.84 Å². The number of benzene rings is 1. The lowest BCUT2D eigenvalue weighted by atomic mass is 10.2. The maximum absolute atomic E-state index is 12.6. The van der Waals surface area contributed by atoms with Crippen molar-refractivity contribution in [2.75, 3.05) is 17.2 Å². The Hall–Kier alpha value is -2.15. The molecule has 0 aliphatic rings. The van der Waals surface area contributed by atoms with Crippen LogP contribution in [0.4, 0.5) is 5.69 Å². The van der Waals surface area contributed by atoms with Gasteiger partial charge in [-0.2, -0.15) is 0 Å². The summed E-state index contributed by atoms with van der Waals surface area (Å²) in [6.07, 6.45) is 0. The highest BCUT2D eigenvalue weighted by Crippen LogP contribution is 2.27. The van der Waals surface area contributed by atoms with Crippen LogP contribution in [0.1, 0.15) is 30.1 Å². The van der Waals surface area contributed by atoms with Gasteiger partial charge in [-0.1, -0.05) is 24.2 Å². The van der Waals surface area contributed by atoms with E-state index in [2.05, 4.69) is 5.16 Å². The predicted molar refractivity (Wildman–Crippen MR) is 82.8 cm³/mol. The van der Waals surface area contributed by atoms with Crippen LogP contribution in [-0.4, -0.2) is 31.8 Å². The maximum atomic E-state index is 12.6. The van der Waals surface area contributed by atoms with Crippen molar-refractivity contribution in [2.45, 2.75) is 25.7 Å². The third-order valence-corrected chi connectivity index (χ3v) is 5.05. The lowest BCUT2D eigenvalue weighted by molar-refractivity contribution is 0.0952. The van der Waals surface area contributed by atoms with Crippen molar-refractivity contribution in [3.63, 3.8) is 0 Å². The van der Waals surface area contributed by atoms with Gasteiger partial charge in [0.1, 0.15) is 0 Å². The molecule has 0 saturated heterocycles. The SMILES string of the molecule is CCN(C(=O)c1cc(C)no1)c1ccccc1S(=O)(=O)CC. The van der Waals surface area contributed by atoms with E-state index in [1.54, 1.807) is 39.0 Å². The summed E-state index contributed by atoms with van der Waals surface area (Å²) in [5, 5.41) is 3.69. The molecule has 22 heavy (non-hydrogen) atoms. The van der Waals surface area contributed by atoms with Gasteiger partial charge in [0.05, 0.1) is 22.0 Å². The van der Waals surface area contributed by atoms with Crippen molar-refractivity contribution < 1.29 is 17.7 Å². The Kier molecular flexibility index (Phi) is 4.65. The van der Waals surface area contributed by atoms with E-state index in [0.717, 1.165) is 0 Å². The molecule has 118 valence electrons. The number of aromatic nitrogens is 1. The standard InChI is InChI=1S/C15H18N2O4S/c1-4-17(15(18)13-10-11(3)16-21-13)12-8-6-7-9-14(12)22(19,20)5-2/h6-10H,4-5H2,1-3H3. The van der Waals surface area contributed by atoms with E-state index in [1.807, 2.05) is 0 Å². The van der Waals surface area contributed by atoms with Gasteiger partial charge >= 0.3 is 0 Å².